The monoisotopic (exact) mass is 263 g/mol. The number of nitrogens with zero attached hydrogens (tertiary/aromatic N) is 1. The summed E-state index contributed by atoms with van der Waals surface area (Å²) in [5.74, 6) is -1.28. The van der Waals surface area contributed by atoms with Gasteiger partial charge in [0.1, 0.15) is 0 Å². The number of anilines is 1. The van der Waals surface area contributed by atoms with Crippen LogP contribution in [0.15, 0.2) is 24.3 Å². The first-order valence-corrected chi connectivity index (χ1v) is 6.12. The first-order chi connectivity index (χ1) is 9.10. The lowest BCUT2D eigenvalue weighted by Crippen LogP contribution is -2.54. The summed E-state index contributed by atoms with van der Waals surface area (Å²) in [6, 6.07) is 7.29. The standard InChI is InChI=1S/C13H17N3O3/c1-14-6-9-3-2-4-11(5-9)15-13(19)16-7-10(8-16)12(17)18/h2-5,10,14H,6-8H2,1H3,(H,15,19)(H,17,18). The number of benzene rings is 1. The Morgan fingerprint density at radius 3 is 2.79 bits per heavy atom. The SMILES string of the molecule is CNCc1cccc(NC(=O)N2CC(C(=O)O)C2)c1. The Bertz CT molecular complexity index is 484. The van der Waals surface area contributed by atoms with Crippen molar-refractivity contribution in [1.82, 2.24) is 10.2 Å². The highest BCUT2D eigenvalue weighted by atomic mass is 16.4. The molecule has 1 aromatic rings. The van der Waals surface area contributed by atoms with Gasteiger partial charge in [0, 0.05) is 25.3 Å². The van der Waals surface area contributed by atoms with Gasteiger partial charge in [-0.2, -0.15) is 0 Å². The molecule has 1 aliphatic heterocycles. The third-order valence-corrected chi connectivity index (χ3v) is 3.08. The van der Waals surface area contributed by atoms with Crippen LogP contribution in [0.1, 0.15) is 5.56 Å². The van der Waals surface area contributed by atoms with Crippen LogP contribution in [0.4, 0.5) is 10.5 Å². The van der Waals surface area contributed by atoms with Crippen molar-refractivity contribution in [2.75, 3.05) is 25.5 Å². The highest BCUT2D eigenvalue weighted by molar-refractivity contribution is 5.91. The van der Waals surface area contributed by atoms with Crippen LogP contribution in [0, 0.1) is 5.92 Å². The molecule has 3 N–H and O–H groups in total. The number of carbonyl (C=O) groups excluding carboxylic acids is 1. The molecule has 0 aromatic heterocycles. The summed E-state index contributed by atoms with van der Waals surface area (Å²) in [5, 5.41) is 14.6. The molecule has 1 heterocycles. The first-order valence-electron chi connectivity index (χ1n) is 6.12. The maximum Gasteiger partial charge on any atom is 0.321 e. The largest absolute Gasteiger partial charge is 0.481 e. The summed E-state index contributed by atoms with van der Waals surface area (Å²) in [7, 11) is 1.86. The minimum Gasteiger partial charge on any atom is -0.481 e. The number of aliphatic carboxylic acids is 1. The van der Waals surface area contributed by atoms with E-state index in [4.69, 9.17) is 5.11 Å². The van der Waals surface area contributed by atoms with E-state index in [2.05, 4.69) is 10.6 Å². The summed E-state index contributed by atoms with van der Waals surface area (Å²) < 4.78 is 0. The molecule has 1 fully saturated rings. The summed E-state index contributed by atoms with van der Waals surface area (Å²) >= 11 is 0. The minimum atomic E-state index is -0.847. The number of carboxylic acid groups (broad SMARTS) is 1. The van der Waals surface area contributed by atoms with Crippen molar-refractivity contribution in [3.05, 3.63) is 29.8 Å². The van der Waals surface area contributed by atoms with Gasteiger partial charge >= 0.3 is 12.0 Å². The van der Waals surface area contributed by atoms with Crippen molar-refractivity contribution in [2.45, 2.75) is 6.54 Å². The van der Waals surface area contributed by atoms with Gasteiger partial charge in [0.15, 0.2) is 0 Å². The second-order valence-electron chi connectivity index (χ2n) is 4.60. The maximum absolute atomic E-state index is 11.8. The average molecular weight is 263 g/mol. The van der Waals surface area contributed by atoms with E-state index < -0.39 is 11.9 Å². The van der Waals surface area contributed by atoms with Crippen molar-refractivity contribution in [1.29, 1.82) is 0 Å². The van der Waals surface area contributed by atoms with Gasteiger partial charge in [-0.05, 0) is 24.7 Å². The van der Waals surface area contributed by atoms with Crippen LogP contribution in [0.3, 0.4) is 0 Å². The number of nitrogens with one attached hydrogen (secondary N) is 2. The second-order valence-corrected chi connectivity index (χ2v) is 4.60. The number of amides is 2. The third-order valence-electron chi connectivity index (χ3n) is 3.08. The molecule has 2 amide bonds. The van der Waals surface area contributed by atoms with E-state index in [-0.39, 0.29) is 19.1 Å². The third kappa shape index (κ3) is 3.23. The molecule has 0 bridgehead atoms. The van der Waals surface area contributed by atoms with Crippen LogP contribution in [0.2, 0.25) is 0 Å². The van der Waals surface area contributed by atoms with Crippen LogP contribution in [0.5, 0.6) is 0 Å². The van der Waals surface area contributed by atoms with E-state index in [1.54, 1.807) is 0 Å². The van der Waals surface area contributed by atoms with Crippen LogP contribution in [-0.2, 0) is 11.3 Å². The van der Waals surface area contributed by atoms with Crippen molar-refractivity contribution >= 4 is 17.7 Å². The first kappa shape index (κ1) is 13.4. The molecular weight excluding hydrogens is 246 g/mol. The molecular formula is C13H17N3O3. The number of hydrogen-bond acceptors (Lipinski definition) is 3. The molecule has 0 radical (unpaired) electrons. The molecule has 102 valence electrons. The van der Waals surface area contributed by atoms with Gasteiger partial charge in [-0.25, -0.2) is 4.79 Å². The maximum atomic E-state index is 11.8. The molecule has 0 unspecified atom stereocenters. The topological polar surface area (TPSA) is 81.7 Å². The predicted molar refractivity (Wildman–Crippen MR) is 70.9 cm³/mol. The van der Waals surface area contributed by atoms with Crippen LogP contribution < -0.4 is 10.6 Å². The number of carbonyl (C=O) groups is 2. The molecule has 1 aliphatic rings. The zero-order chi connectivity index (χ0) is 13.8. The fourth-order valence-corrected chi connectivity index (χ4v) is 1.97. The summed E-state index contributed by atoms with van der Waals surface area (Å²) in [6.45, 7) is 1.28. The number of rotatable bonds is 4. The zero-order valence-electron chi connectivity index (χ0n) is 10.7. The number of hydrogen-bond donors (Lipinski definition) is 3. The van der Waals surface area contributed by atoms with E-state index in [0.29, 0.717) is 0 Å². The van der Waals surface area contributed by atoms with Crippen molar-refractivity contribution in [3.8, 4) is 0 Å². The van der Waals surface area contributed by atoms with E-state index in [1.807, 2.05) is 31.3 Å². The normalized spacial score (nSPS) is 14.9. The van der Waals surface area contributed by atoms with E-state index in [0.717, 1.165) is 17.8 Å². The van der Waals surface area contributed by atoms with Gasteiger partial charge < -0.3 is 20.6 Å². The van der Waals surface area contributed by atoms with Crippen LogP contribution in [-0.4, -0.2) is 42.1 Å². The molecule has 1 aromatic carbocycles. The van der Waals surface area contributed by atoms with E-state index in [9.17, 15) is 9.59 Å². The fraction of sp³-hybridized carbons (Fsp3) is 0.385. The molecule has 6 heteroatoms. The highest BCUT2D eigenvalue weighted by Gasteiger charge is 2.35. The lowest BCUT2D eigenvalue weighted by molar-refractivity contribution is -0.145. The summed E-state index contributed by atoms with van der Waals surface area (Å²) in [5.41, 5.74) is 1.80. The zero-order valence-corrected chi connectivity index (χ0v) is 10.7. The molecule has 2 rings (SSSR count). The molecule has 0 saturated carbocycles. The molecule has 1 saturated heterocycles. The second kappa shape index (κ2) is 5.71. The van der Waals surface area contributed by atoms with Crippen molar-refractivity contribution in [3.63, 3.8) is 0 Å². The average Bonchev–Trinajstić information content (AvgIpc) is 2.27. The van der Waals surface area contributed by atoms with Crippen LogP contribution in [0.25, 0.3) is 0 Å². The van der Waals surface area contributed by atoms with E-state index >= 15 is 0 Å². The Hall–Kier alpha value is -2.08. The number of carboxylic acids is 1. The van der Waals surface area contributed by atoms with Crippen molar-refractivity contribution in [2.24, 2.45) is 5.92 Å². The van der Waals surface area contributed by atoms with Crippen LogP contribution >= 0.6 is 0 Å². The summed E-state index contributed by atoms with van der Waals surface area (Å²) in [4.78, 5) is 24.0. The van der Waals surface area contributed by atoms with E-state index in [1.165, 1.54) is 4.90 Å². The lowest BCUT2D eigenvalue weighted by atomic mass is 10.0. The van der Waals surface area contributed by atoms with Gasteiger partial charge in [-0.15, -0.1) is 0 Å². The Morgan fingerprint density at radius 1 is 1.42 bits per heavy atom. The fourth-order valence-electron chi connectivity index (χ4n) is 1.97. The number of likely N-dealkylation sites (tertiary alicyclic amines) is 1. The Balaban J connectivity index is 1.89. The van der Waals surface area contributed by atoms with Gasteiger partial charge in [0.2, 0.25) is 0 Å². The quantitative estimate of drug-likeness (QED) is 0.755. The Kier molecular flexibility index (Phi) is 4.01. The van der Waals surface area contributed by atoms with Gasteiger partial charge in [-0.1, -0.05) is 12.1 Å². The van der Waals surface area contributed by atoms with Crippen molar-refractivity contribution < 1.29 is 14.7 Å². The molecule has 0 aliphatic carbocycles. The summed E-state index contributed by atoms with van der Waals surface area (Å²) in [6.07, 6.45) is 0. The van der Waals surface area contributed by atoms with Gasteiger partial charge in [0.25, 0.3) is 0 Å². The lowest BCUT2D eigenvalue weighted by Gasteiger charge is -2.36. The molecule has 0 spiro atoms. The smallest absolute Gasteiger partial charge is 0.321 e. The molecule has 19 heavy (non-hydrogen) atoms. The highest BCUT2D eigenvalue weighted by Crippen LogP contribution is 2.18. The van der Waals surface area contributed by atoms with Gasteiger partial charge in [-0.3, -0.25) is 4.79 Å². The Morgan fingerprint density at radius 2 is 2.16 bits per heavy atom. The van der Waals surface area contributed by atoms with Gasteiger partial charge in [0.05, 0.1) is 5.92 Å². The Labute approximate surface area is 111 Å². The molecule has 0 atom stereocenters. The minimum absolute atomic E-state index is 0.251. The predicted octanol–water partition coefficient (Wildman–Crippen LogP) is 0.954. The molecule has 6 nitrogen and oxygen atoms in total. The number of urea groups is 1.